The number of hydrogen-bond acceptors (Lipinski definition) is 6. The molecular formula is C20H27N5O2. The lowest BCUT2D eigenvalue weighted by Crippen LogP contribution is -2.46. The molecule has 1 saturated heterocycles. The van der Waals surface area contributed by atoms with E-state index in [0.717, 1.165) is 38.5 Å². The fraction of sp³-hybridized carbons (Fsp3) is 0.450. The molecule has 7 heteroatoms. The summed E-state index contributed by atoms with van der Waals surface area (Å²) in [5, 5.41) is 2.86. The Morgan fingerprint density at radius 1 is 1.11 bits per heavy atom. The van der Waals surface area contributed by atoms with E-state index in [1.54, 1.807) is 12.4 Å². The second-order valence-corrected chi connectivity index (χ2v) is 6.84. The molecule has 1 aromatic heterocycles. The molecule has 1 aliphatic heterocycles. The van der Waals surface area contributed by atoms with Crippen molar-refractivity contribution in [3.63, 3.8) is 0 Å². The standard InChI is InChI=1S/C20H27N5O2/c1-4-24-9-11-25(12-10-24)20-21-13-16(14-22-20)19(26)23-17-5-7-18(8-6-17)27-15(2)3/h5-8,13-15H,4,9-12H2,1-3H3,(H,23,26). The van der Waals surface area contributed by atoms with E-state index in [0.29, 0.717) is 17.2 Å². The Bertz CT molecular complexity index is 738. The summed E-state index contributed by atoms with van der Waals surface area (Å²) in [6, 6.07) is 7.31. The average Bonchev–Trinajstić information content (AvgIpc) is 2.69. The van der Waals surface area contributed by atoms with Crippen molar-refractivity contribution >= 4 is 17.5 Å². The van der Waals surface area contributed by atoms with Gasteiger partial charge in [-0.25, -0.2) is 9.97 Å². The van der Waals surface area contributed by atoms with Crippen molar-refractivity contribution in [2.75, 3.05) is 42.9 Å². The Hall–Kier alpha value is -2.67. The number of hydrogen-bond donors (Lipinski definition) is 1. The molecule has 2 heterocycles. The van der Waals surface area contributed by atoms with Crippen LogP contribution in [0.15, 0.2) is 36.7 Å². The van der Waals surface area contributed by atoms with Crippen LogP contribution in [0.5, 0.6) is 5.75 Å². The number of nitrogens with zero attached hydrogens (tertiary/aromatic N) is 4. The lowest BCUT2D eigenvalue weighted by molar-refractivity contribution is 0.102. The van der Waals surface area contributed by atoms with Gasteiger partial charge in [-0.05, 0) is 44.7 Å². The third-order valence-corrected chi connectivity index (χ3v) is 4.49. The largest absolute Gasteiger partial charge is 0.491 e. The van der Waals surface area contributed by atoms with Crippen LogP contribution in [-0.2, 0) is 0 Å². The summed E-state index contributed by atoms with van der Waals surface area (Å²) in [5.41, 5.74) is 1.14. The number of nitrogens with one attached hydrogen (secondary N) is 1. The van der Waals surface area contributed by atoms with Gasteiger partial charge in [-0.2, -0.15) is 0 Å². The second-order valence-electron chi connectivity index (χ2n) is 6.84. The topological polar surface area (TPSA) is 70.6 Å². The van der Waals surface area contributed by atoms with E-state index >= 15 is 0 Å². The van der Waals surface area contributed by atoms with Crippen LogP contribution in [-0.4, -0.2) is 59.6 Å². The fourth-order valence-electron chi connectivity index (χ4n) is 2.96. The number of carbonyl (C=O) groups is 1. The summed E-state index contributed by atoms with van der Waals surface area (Å²) in [7, 11) is 0. The Labute approximate surface area is 160 Å². The van der Waals surface area contributed by atoms with Crippen molar-refractivity contribution in [3.8, 4) is 5.75 Å². The van der Waals surface area contributed by atoms with Gasteiger partial charge in [-0.1, -0.05) is 6.92 Å². The van der Waals surface area contributed by atoms with E-state index in [2.05, 4.69) is 32.0 Å². The van der Waals surface area contributed by atoms with Crippen molar-refractivity contribution in [1.29, 1.82) is 0 Å². The molecule has 1 aliphatic rings. The first-order valence-electron chi connectivity index (χ1n) is 9.42. The van der Waals surface area contributed by atoms with Crippen molar-refractivity contribution in [3.05, 3.63) is 42.2 Å². The van der Waals surface area contributed by atoms with Gasteiger partial charge in [0.05, 0.1) is 11.7 Å². The van der Waals surface area contributed by atoms with Crippen LogP contribution in [0.4, 0.5) is 11.6 Å². The highest BCUT2D eigenvalue weighted by atomic mass is 16.5. The Morgan fingerprint density at radius 2 is 1.74 bits per heavy atom. The monoisotopic (exact) mass is 369 g/mol. The van der Waals surface area contributed by atoms with Crippen molar-refractivity contribution in [2.45, 2.75) is 26.9 Å². The van der Waals surface area contributed by atoms with Gasteiger partial charge in [-0.15, -0.1) is 0 Å². The Kier molecular flexibility index (Phi) is 6.24. The van der Waals surface area contributed by atoms with Crippen LogP contribution in [0.3, 0.4) is 0 Å². The van der Waals surface area contributed by atoms with E-state index in [1.165, 1.54) is 0 Å². The molecule has 0 unspecified atom stereocenters. The zero-order valence-electron chi connectivity index (χ0n) is 16.2. The number of amides is 1. The molecule has 1 amide bonds. The molecule has 1 aromatic carbocycles. The molecule has 2 aromatic rings. The molecule has 0 spiro atoms. The molecule has 0 atom stereocenters. The van der Waals surface area contributed by atoms with Crippen LogP contribution in [0, 0.1) is 0 Å². The minimum atomic E-state index is -0.227. The number of likely N-dealkylation sites (N-methyl/N-ethyl adjacent to an activating group) is 1. The molecule has 1 N–H and O–H groups in total. The second kappa shape index (κ2) is 8.81. The van der Waals surface area contributed by atoms with Crippen LogP contribution < -0.4 is 15.0 Å². The minimum Gasteiger partial charge on any atom is -0.491 e. The SMILES string of the molecule is CCN1CCN(c2ncc(C(=O)Nc3ccc(OC(C)C)cc3)cn2)CC1. The van der Waals surface area contributed by atoms with Gasteiger partial charge >= 0.3 is 0 Å². The molecular weight excluding hydrogens is 342 g/mol. The normalized spacial score (nSPS) is 15.0. The van der Waals surface area contributed by atoms with Crippen LogP contribution >= 0.6 is 0 Å². The molecule has 27 heavy (non-hydrogen) atoms. The minimum absolute atomic E-state index is 0.117. The summed E-state index contributed by atoms with van der Waals surface area (Å²) in [6.45, 7) is 11.0. The first kappa shape index (κ1) is 19.1. The number of ether oxygens (including phenoxy) is 1. The predicted molar refractivity (Wildman–Crippen MR) is 107 cm³/mol. The smallest absolute Gasteiger partial charge is 0.258 e. The van der Waals surface area contributed by atoms with E-state index in [1.807, 2.05) is 38.1 Å². The summed E-state index contributed by atoms with van der Waals surface area (Å²) in [5.74, 6) is 1.23. The fourth-order valence-corrected chi connectivity index (χ4v) is 2.96. The highest BCUT2D eigenvalue weighted by Crippen LogP contribution is 2.18. The number of piperazine rings is 1. The molecule has 0 bridgehead atoms. The predicted octanol–water partition coefficient (Wildman–Crippen LogP) is 2.66. The molecule has 0 radical (unpaired) electrons. The maximum atomic E-state index is 12.4. The number of benzene rings is 1. The van der Waals surface area contributed by atoms with E-state index < -0.39 is 0 Å². The molecule has 7 nitrogen and oxygen atoms in total. The average molecular weight is 369 g/mol. The van der Waals surface area contributed by atoms with Crippen molar-refractivity contribution in [1.82, 2.24) is 14.9 Å². The number of rotatable bonds is 6. The molecule has 3 rings (SSSR count). The lowest BCUT2D eigenvalue weighted by atomic mass is 10.2. The van der Waals surface area contributed by atoms with Crippen molar-refractivity contribution in [2.24, 2.45) is 0 Å². The highest BCUT2D eigenvalue weighted by Gasteiger charge is 2.18. The number of anilines is 2. The molecule has 0 aliphatic carbocycles. The van der Waals surface area contributed by atoms with Gasteiger partial charge in [0.1, 0.15) is 5.75 Å². The summed E-state index contributed by atoms with van der Waals surface area (Å²) >= 11 is 0. The summed E-state index contributed by atoms with van der Waals surface area (Å²) in [4.78, 5) is 25.7. The maximum absolute atomic E-state index is 12.4. The number of carbonyl (C=O) groups excluding carboxylic acids is 1. The summed E-state index contributed by atoms with van der Waals surface area (Å²) < 4.78 is 5.60. The van der Waals surface area contributed by atoms with Gasteiger partial charge in [-0.3, -0.25) is 4.79 Å². The summed E-state index contributed by atoms with van der Waals surface area (Å²) in [6.07, 6.45) is 3.28. The van der Waals surface area contributed by atoms with Crippen LogP contribution in [0.25, 0.3) is 0 Å². The van der Waals surface area contributed by atoms with E-state index in [9.17, 15) is 4.79 Å². The lowest BCUT2D eigenvalue weighted by Gasteiger charge is -2.33. The first-order chi connectivity index (χ1) is 13.0. The van der Waals surface area contributed by atoms with E-state index in [4.69, 9.17) is 4.74 Å². The van der Waals surface area contributed by atoms with Gasteiger partial charge in [0.25, 0.3) is 5.91 Å². The van der Waals surface area contributed by atoms with Gasteiger partial charge in [0.15, 0.2) is 0 Å². The van der Waals surface area contributed by atoms with Gasteiger partial charge in [0, 0.05) is 44.3 Å². The zero-order chi connectivity index (χ0) is 19.2. The first-order valence-corrected chi connectivity index (χ1v) is 9.42. The molecule has 1 fully saturated rings. The Morgan fingerprint density at radius 3 is 2.30 bits per heavy atom. The highest BCUT2D eigenvalue weighted by molar-refractivity contribution is 6.03. The van der Waals surface area contributed by atoms with Gasteiger partial charge < -0.3 is 19.9 Å². The van der Waals surface area contributed by atoms with E-state index in [-0.39, 0.29) is 12.0 Å². The molecule has 144 valence electrons. The Balaban J connectivity index is 1.57. The third kappa shape index (κ3) is 5.17. The number of aromatic nitrogens is 2. The zero-order valence-corrected chi connectivity index (χ0v) is 16.2. The quantitative estimate of drug-likeness (QED) is 0.844. The third-order valence-electron chi connectivity index (χ3n) is 4.49. The van der Waals surface area contributed by atoms with Crippen LogP contribution in [0.2, 0.25) is 0 Å². The van der Waals surface area contributed by atoms with Crippen LogP contribution in [0.1, 0.15) is 31.1 Å². The van der Waals surface area contributed by atoms with Gasteiger partial charge in [0.2, 0.25) is 5.95 Å². The van der Waals surface area contributed by atoms with Crippen molar-refractivity contribution < 1.29 is 9.53 Å². The maximum Gasteiger partial charge on any atom is 0.258 e. The molecule has 0 saturated carbocycles.